The molecule has 324 valence electrons. The Balaban J connectivity index is 1.16. The van der Waals surface area contributed by atoms with Gasteiger partial charge in [-0.3, -0.25) is 9.59 Å². The third-order valence-electron chi connectivity index (χ3n) is 17.9. The third kappa shape index (κ3) is 6.17. The van der Waals surface area contributed by atoms with Crippen LogP contribution in [0.4, 0.5) is 0 Å². The van der Waals surface area contributed by atoms with Gasteiger partial charge in [0.15, 0.2) is 5.78 Å². The number of ketones is 2. The predicted molar refractivity (Wildman–Crippen MR) is 232 cm³/mol. The predicted octanol–water partition coefficient (Wildman–Crippen LogP) is 8.76. The normalized spacial score (nSPS) is 36.4. The number of Topliss-reactive ketones (excluding diaryl/α,β-unsaturated/α-hetero) is 2. The number of aromatic nitrogens is 2. The zero-order chi connectivity index (χ0) is 42.9. The molecule has 9 rings (SSSR count). The topological polar surface area (TPSA) is 134 Å². The van der Waals surface area contributed by atoms with Crippen molar-refractivity contribution in [2.75, 3.05) is 13.2 Å². The lowest BCUT2D eigenvalue weighted by Crippen LogP contribution is -2.67. The van der Waals surface area contributed by atoms with Crippen LogP contribution in [-0.2, 0) is 30.4 Å². The highest BCUT2D eigenvalue weighted by Gasteiger charge is 2.72. The number of nitrogens with zero attached hydrogens (tertiary/aromatic N) is 1. The number of allylic oxidation sites excluding steroid dienone is 1. The number of ether oxygens (including phenoxy) is 2. The summed E-state index contributed by atoms with van der Waals surface area (Å²) in [5.74, 6) is -0.373. The van der Waals surface area contributed by atoms with Gasteiger partial charge in [0.2, 0.25) is 0 Å². The van der Waals surface area contributed by atoms with E-state index < -0.39 is 45.9 Å². The maximum absolute atomic E-state index is 14.8. The number of nitrogens with one attached hydrogen (secondary N) is 1. The first-order valence-corrected chi connectivity index (χ1v) is 22.9. The molecule has 9 nitrogen and oxygen atoms in total. The van der Waals surface area contributed by atoms with Crippen LogP contribution in [-0.4, -0.2) is 74.7 Å². The van der Waals surface area contributed by atoms with E-state index in [1.54, 1.807) is 0 Å². The first-order valence-electron chi connectivity index (χ1n) is 22.9. The number of aliphatic hydroxyl groups is 2. The van der Waals surface area contributed by atoms with E-state index >= 15 is 0 Å². The molecule has 60 heavy (non-hydrogen) atoms. The van der Waals surface area contributed by atoms with Gasteiger partial charge in [0.05, 0.1) is 34.8 Å². The summed E-state index contributed by atoms with van der Waals surface area (Å²) in [6, 6.07) is 8.65. The Labute approximate surface area is 356 Å². The lowest BCUT2D eigenvalue weighted by Gasteiger charge is -2.70. The zero-order valence-corrected chi connectivity index (χ0v) is 37.4. The molecular weight excluding hydrogens is 753 g/mol. The molecule has 5 fully saturated rings. The van der Waals surface area contributed by atoms with Gasteiger partial charge in [0, 0.05) is 67.3 Å². The summed E-state index contributed by atoms with van der Waals surface area (Å²) >= 11 is 0. The average molecular weight is 821 g/mol. The van der Waals surface area contributed by atoms with Crippen LogP contribution < -0.4 is 0 Å². The summed E-state index contributed by atoms with van der Waals surface area (Å²) in [5.41, 5.74) is 5.76. The number of hydrogen-bond donors (Lipinski definition) is 3. The summed E-state index contributed by atoms with van der Waals surface area (Å²) in [7, 11) is 0. The Hall–Kier alpha value is -3.37. The number of epoxide rings is 1. The van der Waals surface area contributed by atoms with Gasteiger partial charge in [-0.05, 0) is 122 Å². The van der Waals surface area contributed by atoms with Gasteiger partial charge in [-0.15, -0.1) is 0 Å². The standard InChI is InChI=1S/C51H68N2O7/c1-28-20-31(30-13-18-59-19-14-30)23-32(21-28)35(27-54)33-25-53(36-12-17-52-43(33)36)26-34-42-41(29(2)22-37(55)46-48(5,6)60-46)38(56)24-51(42,9)50(8)16-10-39-47(3,4)40(57)11-15-49(39,7)45(50)44(34)58/h12,17,20-21,23,25,27,29-30,34-35,37,39,44-46,52,55,58H,10-11,13-16,18-19,22,24,26H2,1-9H3/t29-,34+,35-,37-,39+,44-,45-,46-,49-,50+,51+/m1/s1. The number of rotatable bonds is 10. The average Bonchev–Trinajstić information content (AvgIpc) is 3.48. The number of H-pyrrole nitrogens is 1. The number of hydrogen-bond acceptors (Lipinski definition) is 7. The molecule has 3 N–H and O–H groups in total. The van der Waals surface area contributed by atoms with Crippen LogP contribution in [0.15, 0.2) is 47.8 Å². The smallest absolute Gasteiger partial charge is 0.160 e. The molecule has 4 heterocycles. The number of aromatic amines is 1. The monoisotopic (exact) mass is 821 g/mol. The SMILES string of the molecule is Cc1cc(C2CCOCC2)cc([C@@H](C=O)c2cn(C[C@H]3C4=C([C@H](C)C[C@@H](O)[C@H]5OC5(C)C)C(=O)C[C@]4(C)[C@@]4(C)CC[C@H]5C(C)(C)C(=O)CC[C@@]5(C)[C@H]4[C@@H]3O)c3cc[nH]c23)c1. The van der Waals surface area contributed by atoms with Crippen LogP contribution in [0.2, 0.25) is 0 Å². The molecule has 0 bridgehead atoms. The fourth-order valence-electron chi connectivity index (χ4n) is 14.7. The molecule has 3 aromatic rings. The molecule has 2 aliphatic heterocycles. The Morgan fingerprint density at radius 1 is 1.02 bits per heavy atom. The van der Waals surface area contributed by atoms with Crippen LogP contribution in [0.1, 0.15) is 141 Å². The third-order valence-corrected chi connectivity index (χ3v) is 17.9. The highest BCUT2D eigenvalue weighted by molar-refractivity contribution is 6.01. The minimum absolute atomic E-state index is 0.115. The van der Waals surface area contributed by atoms with E-state index in [4.69, 9.17) is 9.47 Å². The second-order valence-corrected chi connectivity index (χ2v) is 22.0. The zero-order valence-electron chi connectivity index (χ0n) is 37.4. The van der Waals surface area contributed by atoms with Crippen LogP contribution in [0.5, 0.6) is 0 Å². The van der Waals surface area contributed by atoms with E-state index in [0.717, 1.165) is 90.5 Å². The van der Waals surface area contributed by atoms with Gasteiger partial charge in [-0.2, -0.15) is 0 Å². The molecule has 1 aromatic carbocycles. The number of benzene rings is 1. The van der Waals surface area contributed by atoms with E-state index in [0.29, 0.717) is 37.5 Å². The lowest BCUT2D eigenvalue weighted by molar-refractivity contribution is -0.220. The summed E-state index contributed by atoms with van der Waals surface area (Å²) in [6.45, 7) is 21.3. The first kappa shape index (κ1) is 42.0. The molecule has 0 radical (unpaired) electrons. The summed E-state index contributed by atoms with van der Waals surface area (Å²) in [4.78, 5) is 45.1. The molecule has 4 aliphatic carbocycles. The van der Waals surface area contributed by atoms with Crippen molar-refractivity contribution in [2.45, 2.75) is 156 Å². The Morgan fingerprint density at radius 2 is 1.73 bits per heavy atom. The van der Waals surface area contributed by atoms with E-state index in [-0.39, 0.29) is 35.1 Å². The second kappa shape index (κ2) is 14.3. The van der Waals surface area contributed by atoms with Gasteiger partial charge in [-0.25, -0.2) is 0 Å². The molecule has 11 atom stereocenters. The maximum Gasteiger partial charge on any atom is 0.160 e. The van der Waals surface area contributed by atoms with Crippen LogP contribution in [0, 0.1) is 52.3 Å². The lowest BCUT2D eigenvalue weighted by atomic mass is 9.34. The number of aliphatic hydroxyl groups excluding tert-OH is 2. The van der Waals surface area contributed by atoms with E-state index in [9.17, 15) is 24.6 Å². The minimum atomic E-state index is -0.792. The van der Waals surface area contributed by atoms with Crippen LogP contribution >= 0.6 is 0 Å². The molecule has 0 amide bonds. The van der Waals surface area contributed by atoms with Crippen LogP contribution in [0.3, 0.4) is 0 Å². The molecule has 6 aliphatic rings. The molecule has 0 unspecified atom stereocenters. The summed E-state index contributed by atoms with van der Waals surface area (Å²) < 4.78 is 13.8. The van der Waals surface area contributed by atoms with Crippen molar-refractivity contribution in [3.8, 4) is 0 Å². The molecule has 0 spiro atoms. The second-order valence-electron chi connectivity index (χ2n) is 22.0. The molecule has 2 saturated heterocycles. The molecular formula is C51H68N2O7. The highest BCUT2D eigenvalue weighted by atomic mass is 16.6. The number of fused-ring (bicyclic) bond motifs is 6. The van der Waals surface area contributed by atoms with E-state index in [1.165, 1.54) is 5.56 Å². The van der Waals surface area contributed by atoms with Gasteiger partial charge in [0.25, 0.3) is 0 Å². The minimum Gasteiger partial charge on any atom is -0.392 e. The largest absolute Gasteiger partial charge is 0.392 e. The number of aryl methyl sites for hydroxylation is 1. The van der Waals surface area contributed by atoms with Crippen molar-refractivity contribution >= 4 is 28.9 Å². The Morgan fingerprint density at radius 3 is 2.42 bits per heavy atom. The van der Waals surface area contributed by atoms with Crippen molar-refractivity contribution in [3.05, 3.63) is 70.1 Å². The van der Waals surface area contributed by atoms with Crippen molar-refractivity contribution in [3.63, 3.8) is 0 Å². The van der Waals surface area contributed by atoms with Gasteiger partial charge >= 0.3 is 0 Å². The molecule has 2 aromatic heterocycles. The van der Waals surface area contributed by atoms with Gasteiger partial charge in [-0.1, -0.05) is 65.3 Å². The van der Waals surface area contributed by atoms with Crippen molar-refractivity contribution < 1.29 is 34.1 Å². The van der Waals surface area contributed by atoms with Crippen molar-refractivity contribution in [1.82, 2.24) is 9.55 Å². The fraction of sp³-hybridized carbons (Fsp3) is 0.667. The van der Waals surface area contributed by atoms with E-state index in [2.05, 4.69) is 88.5 Å². The Kier molecular flexibility index (Phi) is 10.0. The Bertz CT molecular complexity index is 2260. The number of carbonyl (C=O) groups excluding carboxylic acids is 3. The maximum atomic E-state index is 14.8. The summed E-state index contributed by atoms with van der Waals surface area (Å²) in [5, 5.41) is 24.8. The van der Waals surface area contributed by atoms with Crippen molar-refractivity contribution in [1.29, 1.82) is 0 Å². The van der Waals surface area contributed by atoms with Crippen molar-refractivity contribution in [2.24, 2.45) is 45.3 Å². The van der Waals surface area contributed by atoms with Crippen LogP contribution in [0.25, 0.3) is 11.0 Å². The fourth-order valence-corrected chi connectivity index (χ4v) is 14.7. The van der Waals surface area contributed by atoms with Gasteiger partial charge in [0.1, 0.15) is 18.2 Å². The first-order chi connectivity index (χ1) is 28.3. The summed E-state index contributed by atoms with van der Waals surface area (Å²) in [6.07, 6.45) is 8.94. The number of aldehydes is 1. The van der Waals surface area contributed by atoms with Gasteiger partial charge < -0.3 is 34.0 Å². The molecule has 3 saturated carbocycles. The quantitative estimate of drug-likeness (QED) is 0.138. The highest BCUT2D eigenvalue weighted by Crippen LogP contribution is 2.75. The number of carbonyl (C=O) groups is 3. The van der Waals surface area contributed by atoms with E-state index in [1.807, 2.05) is 20.0 Å². The molecule has 9 heteroatoms.